The van der Waals surface area contributed by atoms with Crippen molar-refractivity contribution in [1.29, 1.82) is 0 Å². The quantitative estimate of drug-likeness (QED) is 0.356. The van der Waals surface area contributed by atoms with Crippen molar-refractivity contribution in [1.82, 2.24) is 14.9 Å². The lowest BCUT2D eigenvalue weighted by Gasteiger charge is -2.04. The van der Waals surface area contributed by atoms with E-state index in [2.05, 4.69) is 27.3 Å². The highest BCUT2D eigenvalue weighted by Crippen LogP contribution is 2.27. The maximum atomic E-state index is 11.6. The molecule has 1 radical (unpaired) electrons. The van der Waals surface area contributed by atoms with Crippen LogP contribution in [-0.4, -0.2) is 31.8 Å². The molecule has 0 saturated heterocycles. The number of hydrogen-bond acceptors (Lipinski definition) is 7. The first-order chi connectivity index (χ1) is 10.6. The molecule has 0 fully saturated rings. The number of benzene rings is 1. The van der Waals surface area contributed by atoms with Gasteiger partial charge in [0, 0.05) is 17.5 Å². The molecule has 2 aromatic rings. The van der Waals surface area contributed by atoms with Crippen molar-refractivity contribution in [3.63, 3.8) is 0 Å². The average molecular weight is 339 g/mol. The van der Waals surface area contributed by atoms with E-state index in [1.165, 1.54) is 0 Å². The molecule has 11 heteroatoms. The summed E-state index contributed by atoms with van der Waals surface area (Å²) >= 11 is 0.939. The third-order valence-corrected chi connectivity index (χ3v) is 5.05. The topological polar surface area (TPSA) is 130 Å². The normalized spacial score (nSPS) is 11.0. The van der Waals surface area contributed by atoms with Gasteiger partial charge in [-0.05, 0) is 29.8 Å². The minimum atomic E-state index is -3.69. The maximum Gasteiger partial charge on any atom is 0.269 e. The van der Waals surface area contributed by atoms with Gasteiger partial charge in [0.15, 0.2) is 0 Å². The van der Waals surface area contributed by atoms with Crippen LogP contribution in [0.4, 0.5) is 0 Å². The van der Waals surface area contributed by atoms with Gasteiger partial charge >= 0.3 is 0 Å². The molecule has 0 amide bonds. The molecule has 0 aliphatic carbocycles. The standard InChI is InChI=1S/C11H11N6O3S2/c1-13-22(18,19)11-16-15-10(21-11)8-2-4-9(5-3-8)20-7-6-14-17-12/h2-5,13H,1,6-7H2. The second-order valence-electron chi connectivity index (χ2n) is 3.85. The van der Waals surface area contributed by atoms with E-state index in [4.69, 9.17) is 10.3 Å². The molecule has 0 bridgehead atoms. The van der Waals surface area contributed by atoms with E-state index in [0.29, 0.717) is 16.3 Å². The summed E-state index contributed by atoms with van der Waals surface area (Å²) in [5.74, 6) is 0.605. The van der Waals surface area contributed by atoms with Crippen LogP contribution in [0, 0.1) is 7.05 Å². The van der Waals surface area contributed by atoms with E-state index in [1.54, 1.807) is 24.3 Å². The molecular weight excluding hydrogens is 328 g/mol. The molecule has 1 N–H and O–H groups in total. The van der Waals surface area contributed by atoms with Gasteiger partial charge in [0.2, 0.25) is 4.34 Å². The Labute approximate surface area is 130 Å². The second kappa shape index (κ2) is 7.18. The number of azide groups is 1. The highest BCUT2D eigenvalue weighted by atomic mass is 32.2. The van der Waals surface area contributed by atoms with Gasteiger partial charge in [-0.1, -0.05) is 16.5 Å². The summed E-state index contributed by atoms with van der Waals surface area (Å²) in [7, 11) is -0.568. The predicted octanol–water partition coefficient (Wildman–Crippen LogP) is 1.96. The lowest BCUT2D eigenvalue weighted by atomic mass is 10.2. The molecule has 1 heterocycles. The fourth-order valence-corrected chi connectivity index (χ4v) is 3.15. The van der Waals surface area contributed by atoms with E-state index >= 15 is 0 Å². The summed E-state index contributed by atoms with van der Waals surface area (Å²) in [6.07, 6.45) is 0. The van der Waals surface area contributed by atoms with Crippen LogP contribution in [0.25, 0.3) is 21.0 Å². The number of aromatic nitrogens is 2. The summed E-state index contributed by atoms with van der Waals surface area (Å²) in [6.45, 7) is 0.522. The lowest BCUT2D eigenvalue weighted by Crippen LogP contribution is -2.16. The molecule has 2 rings (SSSR count). The van der Waals surface area contributed by atoms with Crippen LogP contribution in [-0.2, 0) is 10.0 Å². The lowest BCUT2D eigenvalue weighted by molar-refractivity contribution is 0.328. The number of sulfonamides is 1. The van der Waals surface area contributed by atoms with Crippen LogP contribution in [0.3, 0.4) is 0 Å². The van der Waals surface area contributed by atoms with Gasteiger partial charge in [-0.15, -0.1) is 10.2 Å². The Balaban J connectivity index is 2.09. The molecule has 115 valence electrons. The molecule has 0 spiro atoms. The zero-order valence-electron chi connectivity index (χ0n) is 11.2. The Kier molecular flexibility index (Phi) is 5.28. The maximum absolute atomic E-state index is 11.6. The summed E-state index contributed by atoms with van der Waals surface area (Å²) < 4.78 is 30.3. The first-order valence-electron chi connectivity index (χ1n) is 5.93. The second-order valence-corrected chi connectivity index (χ2v) is 6.77. The van der Waals surface area contributed by atoms with Crippen LogP contribution in [0.5, 0.6) is 5.75 Å². The van der Waals surface area contributed by atoms with Crippen LogP contribution in [0.2, 0.25) is 0 Å². The van der Waals surface area contributed by atoms with Gasteiger partial charge in [0.05, 0.1) is 13.2 Å². The minimum Gasteiger partial charge on any atom is -0.493 e. The molecule has 0 atom stereocenters. The molecule has 0 saturated carbocycles. The van der Waals surface area contributed by atoms with Crippen LogP contribution < -0.4 is 9.46 Å². The Morgan fingerprint density at radius 1 is 1.36 bits per heavy atom. The van der Waals surface area contributed by atoms with E-state index in [-0.39, 0.29) is 17.5 Å². The SMILES string of the molecule is [CH2]NS(=O)(=O)c1nnc(-c2ccc(OCCN=[N+]=[N-])cc2)s1. The van der Waals surface area contributed by atoms with Crippen molar-refractivity contribution in [2.24, 2.45) is 5.11 Å². The number of ether oxygens (including phenoxy) is 1. The monoisotopic (exact) mass is 339 g/mol. The van der Waals surface area contributed by atoms with Crippen LogP contribution in [0.15, 0.2) is 33.7 Å². The summed E-state index contributed by atoms with van der Waals surface area (Å²) in [5, 5.41) is 11.3. The highest BCUT2D eigenvalue weighted by Gasteiger charge is 2.18. The van der Waals surface area contributed by atoms with E-state index in [0.717, 1.165) is 11.3 Å². The van der Waals surface area contributed by atoms with Gasteiger partial charge in [0.25, 0.3) is 10.0 Å². The molecular formula is C11H11N6O3S2. The molecule has 9 nitrogen and oxygen atoms in total. The average Bonchev–Trinajstić information content (AvgIpc) is 3.03. The summed E-state index contributed by atoms with van der Waals surface area (Å²) in [6, 6.07) is 6.89. The number of nitrogens with one attached hydrogen (secondary N) is 1. The van der Waals surface area contributed by atoms with Gasteiger partial charge in [-0.3, -0.25) is 0 Å². The smallest absolute Gasteiger partial charge is 0.269 e. The van der Waals surface area contributed by atoms with Gasteiger partial charge in [0.1, 0.15) is 10.8 Å². The molecule has 1 aromatic heterocycles. The minimum absolute atomic E-state index is 0.146. The van der Waals surface area contributed by atoms with Crippen molar-refractivity contribution in [3.8, 4) is 16.3 Å². The number of hydrogen-bond donors (Lipinski definition) is 1. The number of nitrogens with zero attached hydrogens (tertiary/aromatic N) is 5. The van der Waals surface area contributed by atoms with Gasteiger partial charge in [-0.2, -0.15) is 0 Å². The Bertz CT molecular complexity index is 780. The van der Waals surface area contributed by atoms with Crippen molar-refractivity contribution in [2.45, 2.75) is 4.34 Å². The summed E-state index contributed by atoms with van der Waals surface area (Å²) in [5.41, 5.74) is 8.86. The third kappa shape index (κ3) is 3.92. The Morgan fingerprint density at radius 2 is 2.09 bits per heavy atom. The molecule has 0 unspecified atom stereocenters. The fraction of sp³-hybridized carbons (Fsp3) is 0.182. The zero-order chi connectivity index (χ0) is 16.0. The van der Waals surface area contributed by atoms with Crippen molar-refractivity contribution in [2.75, 3.05) is 13.2 Å². The number of rotatable bonds is 7. The van der Waals surface area contributed by atoms with Gasteiger partial charge < -0.3 is 4.74 Å². The third-order valence-electron chi connectivity index (χ3n) is 2.45. The summed E-state index contributed by atoms with van der Waals surface area (Å²) in [4.78, 5) is 2.62. The molecule has 0 aliphatic heterocycles. The Morgan fingerprint density at radius 3 is 2.73 bits per heavy atom. The van der Waals surface area contributed by atoms with Crippen molar-refractivity contribution >= 4 is 21.4 Å². The van der Waals surface area contributed by atoms with E-state index in [1.807, 2.05) is 4.72 Å². The molecule has 1 aromatic carbocycles. The first-order valence-corrected chi connectivity index (χ1v) is 8.23. The zero-order valence-corrected chi connectivity index (χ0v) is 12.8. The first kappa shape index (κ1) is 16.2. The predicted molar refractivity (Wildman–Crippen MR) is 80.5 cm³/mol. The molecule has 22 heavy (non-hydrogen) atoms. The molecule has 0 aliphatic rings. The van der Waals surface area contributed by atoms with Crippen LogP contribution in [0.1, 0.15) is 0 Å². The van der Waals surface area contributed by atoms with Crippen molar-refractivity contribution in [3.05, 3.63) is 41.8 Å². The van der Waals surface area contributed by atoms with Crippen molar-refractivity contribution < 1.29 is 13.2 Å². The van der Waals surface area contributed by atoms with Gasteiger partial charge in [-0.25, -0.2) is 13.1 Å². The highest BCUT2D eigenvalue weighted by molar-refractivity contribution is 7.91. The fourth-order valence-electron chi connectivity index (χ4n) is 1.44. The van der Waals surface area contributed by atoms with E-state index in [9.17, 15) is 8.42 Å². The largest absolute Gasteiger partial charge is 0.493 e. The Hall–Kier alpha value is -2.20. The van der Waals surface area contributed by atoms with Crippen LogP contribution >= 0.6 is 11.3 Å². The van der Waals surface area contributed by atoms with E-state index < -0.39 is 10.0 Å².